The van der Waals surface area contributed by atoms with Gasteiger partial charge in [-0.1, -0.05) is 47.4 Å². The van der Waals surface area contributed by atoms with Gasteiger partial charge in [0.25, 0.3) is 5.91 Å². The highest BCUT2D eigenvalue weighted by atomic mass is 16.2. The third-order valence-corrected chi connectivity index (χ3v) is 6.60. The Balaban J connectivity index is 1.41. The number of carbonyl (C=O) groups excluding carboxylic acids is 1. The monoisotopic (exact) mass is 395 g/mol. The van der Waals surface area contributed by atoms with Crippen LogP contribution in [0.15, 0.2) is 24.4 Å². The van der Waals surface area contributed by atoms with E-state index in [0.717, 1.165) is 32.5 Å². The molecule has 0 radical (unpaired) electrons. The zero-order chi connectivity index (χ0) is 20.3. The lowest BCUT2D eigenvalue weighted by Gasteiger charge is -2.30. The van der Waals surface area contributed by atoms with E-state index in [1.807, 2.05) is 4.68 Å². The molecule has 0 unspecified atom stereocenters. The van der Waals surface area contributed by atoms with E-state index in [2.05, 4.69) is 53.0 Å². The Hall–Kier alpha value is -2.21. The van der Waals surface area contributed by atoms with Crippen LogP contribution in [0.4, 0.5) is 0 Å². The van der Waals surface area contributed by atoms with Crippen LogP contribution in [-0.2, 0) is 12.0 Å². The van der Waals surface area contributed by atoms with Crippen molar-refractivity contribution in [3.05, 3.63) is 46.8 Å². The number of benzene rings is 1. The highest BCUT2D eigenvalue weighted by molar-refractivity contribution is 5.91. The Morgan fingerprint density at radius 2 is 1.97 bits per heavy atom. The van der Waals surface area contributed by atoms with E-state index >= 15 is 0 Å². The SMILES string of the molecule is Cc1cc(C)cc(C2(CNC(=O)c3cn(C[C@H]4CCCNC4)nn3)CCCC2)c1. The van der Waals surface area contributed by atoms with E-state index in [9.17, 15) is 4.79 Å². The summed E-state index contributed by atoms with van der Waals surface area (Å²) < 4.78 is 1.82. The summed E-state index contributed by atoms with van der Waals surface area (Å²) in [5.41, 5.74) is 4.40. The molecule has 1 aromatic heterocycles. The van der Waals surface area contributed by atoms with Crippen LogP contribution in [-0.4, -0.2) is 40.5 Å². The summed E-state index contributed by atoms with van der Waals surface area (Å²) in [6, 6.07) is 6.79. The average molecular weight is 396 g/mol. The minimum absolute atomic E-state index is 0.0379. The van der Waals surface area contributed by atoms with Crippen LogP contribution in [0, 0.1) is 19.8 Å². The fourth-order valence-corrected chi connectivity index (χ4v) is 5.08. The van der Waals surface area contributed by atoms with E-state index in [0.29, 0.717) is 18.2 Å². The van der Waals surface area contributed by atoms with Gasteiger partial charge >= 0.3 is 0 Å². The normalized spacial score (nSPS) is 21.2. The molecule has 1 atom stereocenters. The molecule has 156 valence electrons. The number of aryl methyl sites for hydroxylation is 2. The number of piperidine rings is 1. The van der Waals surface area contributed by atoms with Crippen molar-refractivity contribution < 1.29 is 4.79 Å². The van der Waals surface area contributed by atoms with E-state index in [-0.39, 0.29) is 11.3 Å². The molecule has 1 aromatic carbocycles. The molecule has 1 saturated heterocycles. The van der Waals surface area contributed by atoms with Crippen LogP contribution in [0.3, 0.4) is 0 Å². The predicted molar refractivity (Wildman–Crippen MR) is 114 cm³/mol. The van der Waals surface area contributed by atoms with Gasteiger partial charge in [0.1, 0.15) is 0 Å². The van der Waals surface area contributed by atoms with E-state index in [4.69, 9.17) is 0 Å². The summed E-state index contributed by atoms with van der Waals surface area (Å²) in [6.07, 6.45) is 8.88. The summed E-state index contributed by atoms with van der Waals surface area (Å²) >= 11 is 0. The highest BCUT2D eigenvalue weighted by Crippen LogP contribution is 2.41. The molecule has 0 spiro atoms. The van der Waals surface area contributed by atoms with Crippen molar-refractivity contribution in [3.63, 3.8) is 0 Å². The van der Waals surface area contributed by atoms with Gasteiger partial charge in [-0.05, 0) is 64.1 Å². The number of hydrogen-bond acceptors (Lipinski definition) is 4. The van der Waals surface area contributed by atoms with Gasteiger partial charge in [-0.15, -0.1) is 5.10 Å². The quantitative estimate of drug-likeness (QED) is 0.788. The fraction of sp³-hybridized carbons (Fsp3) is 0.609. The number of rotatable bonds is 6. The lowest BCUT2D eigenvalue weighted by Crippen LogP contribution is -2.39. The maximum absolute atomic E-state index is 12.8. The molecule has 6 heteroatoms. The van der Waals surface area contributed by atoms with Crippen LogP contribution in [0.2, 0.25) is 0 Å². The topological polar surface area (TPSA) is 71.8 Å². The van der Waals surface area contributed by atoms with E-state index in [1.54, 1.807) is 6.20 Å². The predicted octanol–water partition coefficient (Wildman–Crippen LogP) is 3.14. The van der Waals surface area contributed by atoms with Gasteiger partial charge < -0.3 is 10.6 Å². The van der Waals surface area contributed by atoms with Crippen molar-refractivity contribution >= 4 is 5.91 Å². The summed E-state index contributed by atoms with van der Waals surface area (Å²) in [7, 11) is 0. The molecule has 1 saturated carbocycles. The number of amides is 1. The maximum atomic E-state index is 12.8. The molecule has 0 bridgehead atoms. The standard InChI is InChI=1S/C23H33N5O/c1-17-10-18(2)12-20(11-17)23(7-3-4-8-23)16-25-22(29)21-15-28(27-26-21)14-19-6-5-9-24-13-19/h10-12,15,19,24H,3-9,13-14,16H2,1-2H3,(H,25,29)/t19-/m0/s1. The summed E-state index contributed by atoms with van der Waals surface area (Å²) in [6.45, 7) is 7.90. The Morgan fingerprint density at radius 3 is 2.66 bits per heavy atom. The number of hydrogen-bond donors (Lipinski definition) is 2. The van der Waals surface area contributed by atoms with Gasteiger partial charge in [0, 0.05) is 18.5 Å². The number of aromatic nitrogens is 3. The molecule has 29 heavy (non-hydrogen) atoms. The summed E-state index contributed by atoms with van der Waals surface area (Å²) in [4.78, 5) is 12.8. The first-order valence-corrected chi connectivity index (χ1v) is 11.0. The largest absolute Gasteiger partial charge is 0.350 e. The van der Waals surface area contributed by atoms with Gasteiger partial charge in [0.2, 0.25) is 0 Å². The molecule has 1 aliphatic heterocycles. The van der Waals surface area contributed by atoms with Crippen molar-refractivity contribution in [1.82, 2.24) is 25.6 Å². The van der Waals surface area contributed by atoms with E-state index < -0.39 is 0 Å². The van der Waals surface area contributed by atoms with Gasteiger partial charge in [-0.25, -0.2) is 0 Å². The molecule has 1 aliphatic carbocycles. The molecule has 2 aromatic rings. The van der Waals surface area contributed by atoms with Crippen LogP contribution >= 0.6 is 0 Å². The Labute approximate surface area is 173 Å². The van der Waals surface area contributed by atoms with Gasteiger partial charge in [0.05, 0.1) is 6.20 Å². The maximum Gasteiger partial charge on any atom is 0.273 e. The lowest BCUT2D eigenvalue weighted by atomic mass is 9.77. The average Bonchev–Trinajstić information content (AvgIpc) is 3.37. The van der Waals surface area contributed by atoms with Gasteiger partial charge in [-0.2, -0.15) is 0 Å². The minimum atomic E-state index is -0.117. The first kappa shape index (κ1) is 20.1. The Bertz CT molecular complexity index is 826. The minimum Gasteiger partial charge on any atom is -0.350 e. The number of nitrogens with zero attached hydrogens (tertiary/aromatic N) is 3. The first-order valence-electron chi connectivity index (χ1n) is 11.0. The molecule has 4 rings (SSSR count). The number of nitrogens with one attached hydrogen (secondary N) is 2. The second-order valence-corrected chi connectivity index (χ2v) is 9.08. The Kier molecular flexibility index (Phi) is 5.99. The van der Waals surface area contributed by atoms with Gasteiger partial charge in [-0.3, -0.25) is 9.48 Å². The van der Waals surface area contributed by atoms with Crippen molar-refractivity contribution in [2.24, 2.45) is 5.92 Å². The van der Waals surface area contributed by atoms with Crippen LogP contribution in [0.25, 0.3) is 0 Å². The molecule has 2 heterocycles. The Morgan fingerprint density at radius 1 is 1.21 bits per heavy atom. The van der Waals surface area contributed by atoms with Crippen molar-refractivity contribution in [3.8, 4) is 0 Å². The van der Waals surface area contributed by atoms with Crippen LogP contribution in [0.1, 0.15) is 65.7 Å². The zero-order valence-corrected chi connectivity index (χ0v) is 17.7. The fourth-order valence-electron chi connectivity index (χ4n) is 5.08. The molecule has 6 nitrogen and oxygen atoms in total. The summed E-state index contributed by atoms with van der Waals surface area (Å²) in [5, 5.41) is 14.9. The summed E-state index contributed by atoms with van der Waals surface area (Å²) in [5.74, 6) is 0.446. The van der Waals surface area contributed by atoms with Crippen LogP contribution < -0.4 is 10.6 Å². The molecule has 1 amide bonds. The zero-order valence-electron chi connectivity index (χ0n) is 17.7. The third kappa shape index (κ3) is 4.69. The number of carbonyl (C=O) groups is 1. The van der Waals surface area contributed by atoms with Crippen LogP contribution in [0.5, 0.6) is 0 Å². The first-order chi connectivity index (χ1) is 14.0. The van der Waals surface area contributed by atoms with Gasteiger partial charge in [0.15, 0.2) is 5.69 Å². The second-order valence-electron chi connectivity index (χ2n) is 9.08. The highest BCUT2D eigenvalue weighted by Gasteiger charge is 2.36. The van der Waals surface area contributed by atoms with E-state index in [1.165, 1.54) is 42.4 Å². The lowest BCUT2D eigenvalue weighted by molar-refractivity contribution is 0.0938. The smallest absolute Gasteiger partial charge is 0.273 e. The second kappa shape index (κ2) is 8.66. The molecular weight excluding hydrogens is 362 g/mol. The van der Waals surface area contributed by atoms with Crippen molar-refractivity contribution in [1.29, 1.82) is 0 Å². The third-order valence-electron chi connectivity index (χ3n) is 6.60. The van der Waals surface area contributed by atoms with Crippen molar-refractivity contribution in [2.45, 2.75) is 64.3 Å². The molecule has 2 N–H and O–H groups in total. The molecule has 2 aliphatic rings. The molecular formula is C23H33N5O. The van der Waals surface area contributed by atoms with Crippen molar-refractivity contribution in [2.75, 3.05) is 19.6 Å². The molecule has 2 fully saturated rings.